The normalized spacial score (nSPS) is 18.6. The molecule has 1 heterocycles. The molecule has 0 unspecified atom stereocenters. The predicted octanol–water partition coefficient (Wildman–Crippen LogP) is 2.28. The highest BCUT2D eigenvalue weighted by molar-refractivity contribution is 5.76. The van der Waals surface area contributed by atoms with Gasteiger partial charge in [0.2, 0.25) is 5.91 Å². The van der Waals surface area contributed by atoms with Gasteiger partial charge in [-0.15, -0.1) is 0 Å². The Morgan fingerprint density at radius 2 is 2.24 bits per heavy atom. The van der Waals surface area contributed by atoms with Gasteiger partial charge in [-0.3, -0.25) is 4.79 Å². The average molecular weight is 290 g/mol. The van der Waals surface area contributed by atoms with Gasteiger partial charge in [0, 0.05) is 19.1 Å². The standard InChI is InChI=1S/C17H26N2O2/c1-13-6-4-8-16(14(13)2)21-11-9-17(20)19-10-5-7-15(12-19)18-3/h4,6,8,15,18H,5,7,9-12H2,1-3H3/t15-/m1/s1. The lowest BCUT2D eigenvalue weighted by Gasteiger charge is -2.32. The monoisotopic (exact) mass is 290 g/mol. The number of piperidine rings is 1. The second kappa shape index (κ2) is 7.46. The molecule has 0 saturated carbocycles. The maximum absolute atomic E-state index is 12.2. The Morgan fingerprint density at radius 1 is 1.43 bits per heavy atom. The van der Waals surface area contributed by atoms with Gasteiger partial charge in [0.25, 0.3) is 0 Å². The van der Waals surface area contributed by atoms with E-state index in [-0.39, 0.29) is 5.91 Å². The summed E-state index contributed by atoms with van der Waals surface area (Å²) < 4.78 is 5.77. The van der Waals surface area contributed by atoms with Crippen LogP contribution >= 0.6 is 0 Å². The van der Waals surface area contributed by atoms with Crippen LogP contribution in [0.1, 0.15) is 30.4 Å². The SMILES string of the molecule is CN[C@@H]1CCCN(C(=O)CCOc2cccc(C)c2C)C1. The fourth-order valence-electron chi connectivity index (χ4n) is 2.73. The lowest BCUT2D eigenvalue weighted by atomic mass is 10.1. The number of aryl methyl sites for hydroxylation is 1. The molecule has 0 aromatic heterocycles. The zero-order valence-electron chi connectivity index (χ0n) is 13.3. The highest BCUT2D eigenvalue weighted by atomic mass is 16.5. The Balaban J connectivity index is 1.80. The van der Waals surface area contributed by atoms with E-state index in [0.29, 0.717) is 19.1 Å². The molecule has 1 aromatic carbocycles. The van der Waals surface area contributed by atoms with Crippen molar-refractivity contribution in [3.63, 3.8) is 0 Å². The fraction of sp³-hybridized carbons (Fsp3) is 0.588. The van der Waals surface area contributed by atoms with E-state index in [1.54, 1.807) is 0 Å². The lowest BCUT2D eigenvalue weighted by molar-refractivity contribution is -0.133. The molecule has 1 aliphatic rings. The van der Waals surface area contributed by atoms with Gasteiger partial charge in [0.05, 0.1) is 13.0 Å². The molecule has 1 amide bonds. The van der Waals surface area contributed by atoms with Crippen molar-refractivity contribution in [2.75, 3.05) is 26.7 Å². The van der Waals surface area contributed by atoms with E-state index >= 15 is 0 Å². The topological polar surface area (TPSA) is 41.6 Å². The van der Waals surface area contributed by atoms with Crippen molar-refractivity contribution >= 4 is 5.91 Å². The van der Waals surface area contributed by atoms with E-state index in [1.807, 2.05) is 24.1 Å². The summed E-state index contributed by atoms with van der Waals surface area (Å²) in [5.41, 5.74) is 2.37. The minimum absolute atomic E-state index is 0.195. The van der Waals surface area contributed by atoms with E-state index in [0.717, 1.165) is 37.2 Å². The Kier molecular flexibility index (Phi) is 5.62. The minimum atomic E-state index is 0.195. The Hall–Kier alpha value is -1.55. The van der Waals surface area contributed by atoms with Crippen LogP contribution in [0.3, 0.4) is 0 Å². The first-order chi connectivity index (χ1) is 10.1. The lowest BCUT2D eigenvalue weighted by Crippen LogP contribution is -2.47. The van der Waals surface area contributed by atoms with Gasteiger partial charge in [0.1, 0.15) is 5.75 Å². The van der Waals surface area contributed by atoms with Gasteiger partial charge in [0.15, 0.2) is 0 Å². The zero-order chi connectivity index (χ0) is 15.2. The average Bonchev–Trinajstić information content (AvgIpc) is 2.51. The Bertz CT molecular complexity index is 488. The van der Waals surface area contributed by atoms with Gasteiger partial charge >= 0.3 is 0 Å². The molecular formula is C17H26N2O2. The summed E-state index contributed by atoms with van der Waals surface area (Å²) in [5.74, 6) is 1.08. The number of hydrogen-bond donors (Lipinski definition) is 1. The summed E-state index contributed by atoms with van der Waals surface area (Å²) >= 11 is 0. The molecule has 1 aliphatic heterocycles. The number of nitrogens with one attached hydrogen (secondary N) is 1. The molecular weight excluding hydrogens is 264 g/mol. The van der Waals surface area contributed by atoms with Crippen molar-refractivity contribution in [1.82, 2.24) is 10.2 Å². The number of ether oxygens (including phenoxy) is 1. The van der Waals surface area contributed by atoms with Crippen molar-refractivity contribution in [1.29, 1.82) is 0 Å². The molecule has 21 heavy (non-hydrogen) atoms. The number of carbonyl (C=O) groups is 1. The molecule has 1 aromatic rings. The number of benzene rings is 1. The van der Waals surface area contributed by atoms with Crippen LogP contribution in [0.4, 0.5) is 0 Å². The van der Waals surface area contributed by atoms with Crippen LogP contribution in [0.2, 0.25) is 0 Å². The van der Waals surface area contributed by atoms with Crippen molar-refractivity contribution in [3.05, 3.63) is 29.3 Å². The van der Waals surface area contributed by atoms with E-state index in [4.69, 9.17) is 4.74 Å². The Morgan fingerprint density at radius 3 is 3.00 bits per heavy atom. The predicted molar refractivity (Wildman–Crippen MR) is 84.7 cm³/mol. The van der Waals surface area contributed by atoms with Crippen LogP contribution in [0.5, 0.6) is 5.75 Å². The quantitative estimate of drug-likeness (QED) is 0.904. The smallest absolute Gasteiger partial charge is 0.226 e. The summed E-state index contributed by atoms with van der Waals surface area (Å²) in [6.07, 6.45) is 2.68. The molecule has 0 radical (unpaired) electrons. The molecule has 116 valence electrons. The van der Waals surface area contributed by atoms with Crippen LogP contribution < -0.4 is 10.1 Å². The molecule has 0 spiro atoms. The third-order valence-electron chi connectivity index (χ3n) is 4.31. The van der Waals surface area contributed by atoms with Crippen LogP contribution in [0.15, 0.2) is 18.2 Å². The number of hydrogen-bond acceptors (Lipinski definition) is 3. The molecule has 1 atom stereocenters. The maximum Gasteiger partial charge on any atom is 0.226 e. The van der Waals surface area contributed by atoms with Gasteiger partial charge in [-0.2, -0.15) is 0 Å². The van der Waals surface area contributed by atoms with Gasteiger partial charge in [-0.25, -0.2) is 0 Å². The number of amides is 1. The van der Waals surface area contributed by atoms with Crippen molar-refractivity contribution in [2.24, 2.45) is 0 Å². The zero-order valence-corrected chi connectivity index (χ0v) is 13.3. The van der Waals surface area contributed by atoms with E-state index in [9.17, 15) is 4.79 Å². The molecule has 1 fully saturated rings. The Labute approximate surface area is 127 Å². The van der Waals surface area contributed by atoms with Crippen LogP contribution in [-0.2, 0) is 4.79 Å². The molecule has 0 aliphatic carbocycles. The third kappa shape index (κ3) is 4.21. The molecule has 1 N–H and O–H groups in total. The molecule has 4 heteroatoms. The summed E-state index contributed by atoms with van der Waals surface area (Å²) in [6.45, 7) is 6.26. The van der Waals surface area contributed by atoms with E-state index in [2.05, 4.69) is 25.2 Å². The van der Waals surface area contributed by atoms with E-state index < -0.39 is 0 Å². The first-order valence-corrected chi connectivity index (χ1v) is 7.76. The van der Waals surface area contributed by atoms with Gasteiger partial charge in [-0.05, 0) is 50.9 Å². The number of carbonyl (C=O) groups excluding carboxylic acids is 1. The number of likely N-dealkylation sites (tertiary alicyclic amines) is 1. The third-order valence-corrected chi connectivity index (χ3v) is 4.31. The van der Waals surface area contributed by atoms with Gasteiger partial charge in [-0.1, -0.05) is 12.1 Å². The second-order valence-electron chi connectivity index (χ2n) is 5.76. The molecule has 2 rings (SSSR count). The molecule has 4 nitrogen and oxygen atoms in total. The van der Waals surface area contributed by atoms with E-state index in [1.165, 1.54) is 5.56 Å². The summed E-state index contributed by atoms with van der Waals surface area (Å²) in [5, 5.41) is 3.26. The first kappa shape index (κ1) is 15.8. The molecule has 1 saturated heterocycles. The summed E-state index contributed by atoms with van der Waals surface area (Å²) in [4.78, 5) is 14.2. The minimum Gasteiger partial charge on any atom is -0.493 e. The summed E-state index contributed by atoms with van der Waals surface area (Å²) in [6, 6.07) is 6.45. The van der Waals surface area contributed by atoms with Crippen LogP contribution in [0.25, 0.3) is 0 Å². The first-order valence-electron chi connectivity index (χ1n) is 7.76. The van der Waals surface area contributed by atoms with Crippen molar-refractivity contribution in [2.45, 2.75) is 39.2 Å². The number of nitrogens with zero attached hydrogens (tertiary/aromatic N) is 1. The number of rotatable bonds is 5. The van der Waals surface area contributed by atoms with Crippen LogP contribution in [-0.4, -0.2) is 43.6 Å². The summed E-state index contributed by atoms with van der Waals surface area (Å²) in [7, 11) is 1.96. The molecule has 0 bridgehead atoms. The van der Waals surface area contributed by atoms with Crippen LogP contribution in [0, 0.1) is 13.8 Å². The highest BCUT2D eigenvalue weighted by Crippen LogP contribution is 2.20. The van der Waals surface area contributed by atoms with Crippen molar-refractivity contribution in [3.8, 4) is 5.75 Å². The van der Waals surface area contributed by atoms with Gasteiger partial charge < -0.3 is 15.0 Å². The maximum atomic E-state index is 12.2. The number of likely N-dealkylation sites (N-methyl/N-ethyl adjacent to an activating group) is 1. The fourth-order valence-corrected chi connectivity index (χ4v) is 2.73. The largest absolute Gasteiger partial charge is 0.493 e. The highest BCUT2D eigenvalue weighted by Gasteiger charge is 2.22. The van der Waals surface area contributed by atoms with Crippen molar-refractivity contribution < 1.29 is 9.53 Å². The second-order valence-corrected chi connectivity index (χ2v) is 5.76.